The summed E-state index contributed by atoms with van der Waals surface area (Å²) in [6, 6.07) is 13.8. The highest BCUT2D eigenvalue weighted by Gasteiger charge is 2.34. The van der Waals surface area contributed by atoms with E-state index < -0.39 is 11.7 Å². The summed E-state index contributed by atoms with van der Waals surface area (Å²) in [7, 11) is 0. The van der Waals surface area contributed by atoms with Crippen molar-refractivity contribution < 1.29 is 19.4 Å². The van der Waals surface area contributed by atoms with Crippen molar-refractivity contribution in [2.45, 2.75) is 26.4 Å². The molecule has 2 heterocycles. The Balaban J connectivity index is 1.97. The number of fused-ring (bicyclic) bond motifs is 2. The van der Waals surface area contributed by atoms with Gasteiger partial charge in [0.25, 0.3) is 0 Å². The van der Waals surface area contributed by atoms with Gasteiger partial charge in [0.05, 0.1) is 11.2 Å². The molecule has 6 nitrogen and oxygen atoms in total. The predicted octanol–water partition coefficient (Wildman–Crippen LogP) is 4.45. The lowest BCUT2D eigenvalue weighted by atomic mass is 10.1. The van der Waals surface area contributed by atoms with Gasteiger partial charge in [-0.15, -0.1) is 0 Å². The lowest BCUT2D eigenvalue weighted by Crippen LogP contribution is -2.29. The molecule has 3 aromatic rings. The molecule has 0 aliphatic carbocycles. The van der Waals surface area contributed by atoms with Crippen LogP contribution in [0.15, 0.2) is 53.5 Å². The number of hydrogen-bond acceptors (Lipinski definition) is 5. The van der Waals surface area contributed by atoms with Gasteiger partial charge in [0.2, 0.25) is 5.78 Å². The summed E-state index contributed by atoms with van der Waals surface area (Å²) in [5.41, 5.74) is 0.735. The molecule has 0 atom stereocenters. The van der Waals surface area contributed by atoms with Crippen molar-refractivity contribution in [1.82, 2.24) is 4.57 Å². The molecule has 1 aromatic heterocycles. The fourth-order valence-corrected chi connectivity index (χ4v) is 3.16. The van der Waals surface area contributed by atoms with Crippen molar-refractivity contribution in [3.8, 4) is 5.75 Å². The third-order valence-corrected chi connectivity index (χ3v) is 4.24. The van der Waals surface area contributed by atoms with E-state index in [4.69, 9.17) is 4.74 Å². The quantitative estimate of drug-likeness (QED) is 0.693. The van der Waals surface area contributed by atoms with Gasteiger partial charge in [-0.25, -0.2) is 14.4 Å². The van der Waals surface area contributed by atoms with E-state index in [9.17, 15) is 14.7 Å². The second-order valence-electron chi connectivity index (χ2n) is 7.34. The van der Waals surface area contributed by atoms with Crippen LogP contribution in [0.25, 0.3) is 10.9 Å². The second-order valence-corrected chi connectivity index (χ2v) is 7.34. The van der Waals surface area contributed by atoms with Crippen LogP contribution in [0.3, 0.4) is 0 Å². The Hall–Kier alpha value is -3.41. The number of para-hydroxylation sites is 2. The zero-order valence-corrected chi connectivity index (χ0v) is 15.2. The first kappa shape index (κ1) is 17.0. The number of hydrogen-bond donors (Lipinski definition) is 1. The maximum Gasteiger partial charge on any atom is 0.419 e. The monoisotopic (exact) mass is 362 g/mol. The summed E-state index contributed by atoms with van der Waals surface area (Å²) in [4.78, 5) is 30.2. The number of aromatic nitrogens is 1. The number of Topliss-reactive ketones (excluding diaryl/α,β-unsaturated/α-hetero) is 1. The average molecular weight is 362 g/mol. The molecule has 4 rings (SSSR count). The molecular formula is C21H18N2O4. The third-order valence-electron chi connectivity index (χ3n) is 4.24. The SMILES string of the molecule is CC(C)(C)OC(=O)n1c(C2=Nc3ccccc3C2=O)c(O)c2ccccc21. The van der Waals surface area contributed by atoms with Crippen LogP contribution in [-0.4, -0.2) is 32.9 Å². The number of ether oxygens (including phenoxy) is 1. The third kappa shape index (κ3) is 2.70. The lowest BCUT2D eigenvalue weighted by molar-refractivity contribution is 0.0543. The first-order valence-electron chi connectivity index (χ1n) is 8.56. The maximum atomic E-state index is 12.9. The van der Waals surface area contributed by atoms with Gasteiger partial charge in [-0.1, -0.05) is 24.3 Å². The van der Waals surface area contributed by atoms with E-state index in [-0.39, 0.29) is 22.9 Å². The molecule has 136 valence electrons. The second kappa shape index (κ2) is 5.81. The van der Waals surface area contributed by atoms with Gasteiger partial charge in [0.15, 0.2) is 5.75 Å². The van der Waals surface area contributed by atoms with E-state index in [0.717, 1.165) is 0 Å². The molecule has 1 aliphatic rings. The number of carbonyl (C=O) groups is 2. The largest absolute Gasteiger partial charge is 0.505 e. The van der Waals surface area contributed by atoms with Crippen LogP contribution in [0.4, 0.5) is 10.5 Å². The zero-order chi connectivity index (χ0) is 19.3. The molecule has 1 aliphatic heterocycles. The predicted molar refractivity (Wildman–Crippen MR) is 102 cm³/mol. The van der Waals surface area contributed by atoms with Crippen molar-refractivity contribution in [2.24, 2.45) is 4.99 Å². The number of ketones is 1. The fraction of sp³-hybridized carbons (Fsp3) is 0.190. The molecule has 1 N–H and O–H groups in total. The van der Waals surface area contributed by atoms with Crippen LogP contribution in [0.2, 0.25) is 0 Å². The number of benzene rings is 2. The Morgan fingerprint density at radius 2 is 1.74 bits per heavy atom. The maximum absolute atomic E-state index is 12.9. The highest BCUT2D eigenvalue weighted by molar-refractivity contribution is 6.55. The highest BCUT2D eigenvalue weighted by Crippen LogP contribution is 2.37. The van der Waals surface area contributed by atoms with Gasteiger partial charge in [0, 0.05) is 10.9 Å². The van der Waals surface area contributed by atoms with Crippen molar-refractivity contribution in [3.05, 3.63) is 59.8 Å². The van der Waals surface area contributed by atoms with Crippen molar-refractivity contribution in [2.75, 3.05) is 0 Å². The van der Waals surface area contributed by atoms with Crippen molar-refractivity contribution in [1.29, 1.82) is 0 Å². The van der Waals surface area contributed by atoms with Gasteiger partial charge in [0.1, 0.15) is 17.0 Å². The Morgan fingerprint density at radius 3 is 2.44 bits per heavy atom. The Bertz CT molecular complexity index is 1130. The number of aromatic hydroxyl groups is 1. The first-order chi connectivity index (χ1) is 12.8. The average Bonchev–Trinajstić information content (AvgIpc) is 3.09. The van der Waals surface area contributed by atoms with E-state index in [1.807, 2.05) is 0 Å². The van der Waals surface area contributed by atoms with Crippen LogP contribution in [-0.2, 0) is 4.74 Å². The first-order valence-corrected chi connectivity index (χ1v) is 8.56. The molecular weight excluding hydrogens is 344 g/mol. The van der Waals surface area contributed by atoms with Gasteiger partial charge in [-0.05, 0) is 45.0 Å². The molecule has 0 amide bonds. The normalized spacial score (nSPS) is 13.6. The smallest absolute Gasteiger partial charge is 0.419 e. The Kier molecular flexibility index (Phi) is 3.66. The molecule has 0 unspecified atom stereocenters. The number of aliphatic imine (C=N–C) groups is 1. The van der Waals surface area contributed by atoms with Crippen LogP contribution < -0.4 is 0 Å². The lowest BCUT2D eigenvalue weighted by Gasteiger charge is -2.20. The minimum absolute atomic E-state index is 0.0239. The zero-order valence-electron chi connectivity index (χ0n) is 15.2. The number of carbonyl (C=O) groups excluding carboxylic acids is 2. The molecule has 0 fully saturated rings. The van der Waals surface area contributed by atoms with Gasteiger partial charge in [-0.2, -0.15) is 0 Å². The fourth-order valence-electron chi connectivity index (χ4n) is 3.16. The van der Waals surface area contributed by atoms with Gasteiger partial charge in [-0.3, -0.25) is 4.79 Å². The van der Waals surface area contributed by atoms with Crippen LogP contribution in [0, 0.1) is 0 Å². The summed E-state index contributed by atoms with van der Waals surface area (Å²) in [5, 5.41) is 11.3. The molecule has 0 bridgehead atoms. The molecule has 0 saturated heterocycles. The molecule has 0 spiro atoms. The minimum atomic E-state index is -0.736. The van der Waals surface area contributed by atoms with Gasteiger partial charge >= 0.3 is 6.09 Å². The van der Waals surface area contributed by atoms with E-state index in [1.54, 1.807) is 69.3 Å². The molecule has 0 radical (unpaired) electrons. The van der Waals surface area contributed by atoms with Crippen molar-refractivity contribution in [3.63, 3.8) is 0 Å². The topological polar surface area (TPSA) is 80.9 Å². The van der Waals surface area contributed by atoms with E-state index in [1.165, 1.54) is 4.57 Å². The Labute approximate surface area is 155 Å². The summed E-state index contributed by atoms with van der Waals surface area (Å²) in [6.45, 7) is 5.26. The van der Waals surface area contributed by atoms with E-state index >= 15 is 0 Å². The summed E-state index contributed by atoms with van der Waals surface area (Å²) >= 11 is 0. The van der Waals surface area contributed by atoms with Crippen LogP contribution in [0.1, 0.15) is 36.8 Å². The molecule has 6 heteroatoms. The Morgan fingerprint density at radius 1 is 1.07 bits per heavy atom. The molecule has 27 heavy (non-hydrogen) atoms. The standard InChI is InChI=1S/C21H18N2O4/c1-21(2,3)27-20(26)23-15-11-7-5-9-13(15)19(25)17(23)16-18(24)12-8-4-6-10-14(12)22-16/h4-11,25H,1-3H3. The van der Waals surface area contributed by atoms with E-state index in [2.05, 4.69) is 4.99 Å². The molecule has 0 saturated carbocycles. The number of nitrogens with zero attached hydrogens (tertiary/aromatic N) is 2. The summed E-state index contributed by atoms with van der Waals surface area (Å²) in [5.74, 6) is -0.509. The summed E-state index contributed by atoms with van der Waals surface area (Å²) in [6.07, 6.45) is -0.680. The van der Waals surface area contributed by atoms with Crippen LogP contribution >= 0.6 is 0 Å². The molecule has 2 aromatic carbocycles. The van der Waals surface area contributed by atoms with Crippen molar-refractivity contribution >= 4 is 34.2 Å². The highest BCUT2D eigenvalue weighted by atomic mass is 16.6. The van der Waals surface area contributed by atoms with Gasteiger partial charge < -0.3 is 9.84 Å². The summed E-state index contributed by atoms with van der Waals surface area (Å²) < 4.78 is 6.73. The number of rotatable bonds is 1. The minimum Gasteiger partial charge on any atom is -0.505 e. The van der Waals surface area contributed by atoms with E-state index in [0.29, 0.717) is 22.2 Å². The van der Waals surface area contributed by atoms with Crippen LogP contribution in [0.5, 0.6) is 5.75 Å².